The first-order chi connectivity index (χ1) is 20.4. The lowest BCUT2D eigenvalue weighted by Gasteiger charge is -2.23. The molecule has 1 aliphatic rings. The number of rotatable bonds is 6. The van der Waals surface area contributed by atoms with Crippen molar-refractivity contribution in [1.29, 1.82) is 0 Å². The molecule has 1 aliphatic carbocycles. The highest BCUT2D eigenvalue weighted by Crippen LogP contribution is 2.37. The predicted molar refractivity (Wildman–Crippen MR) is 172 cm³/mol. The highest BCUT2D eigenvalue weighted by molar-refractivity contribution is 7.93. The lowest BCUT2D eigenvalue weighted by Crippen LogP contribution is -2.26. The van der Waals surface area contributed by atoms with Gasteiger partial charge in [-0.25, -0.2) is 16.8 Å². The summed E-state index contributed by atoms with van der Waals surface area (Å²) < 4.78 is 58.2. The van der Waals surface area contributed by atoms with Crippen molar-refractivity contribution in [3.8, 4) is 0 Å². The quantitative estimate of drug-likeness (QED) is 0.216. The van der Waals surface area contributed by atoms with E-state index in [2.05, 4.69) is 9.44 Å². The number of nitrogens with one attached hydrogen (secondary N) is 2. The predicted octanol–water partition coefficient (Wildman–Crippen LogP) is 6.66. The second-order valence-electron chi connectivity index (χ2n) is 12.9. The minimum absolute atomic E-state index is 0.00492. The van der Waals surface area contributed by atoms with Gasteiger partial charge in [-0.3, -0.25) is 19.0 Å². The highest BCUT2D eigenvalue weighted by Gasteiger charge is 2.35. The number of hydrogen-bond acceptors (Lipinski definition) is 6. The summed E-state index contributed by atoms with van der Waals surface area (Å²) in [5.74, 6) is -1.21. The normalized spacial score (nSPS) is 13.7. The number of carbonyl (C=O) groups excluding carboxylic acids is 2. The van der Waals surface area contributed by atoms with Gasteiger partial charge in [0.05, 0.1) is 32.3 Å². The van der Waals surface area contributed by atoms with Crippen LogP contribution in [0.5, 0.6) is 0 Å². The second-order valence-corrected chi connectivity index (χ2v) is 16.2. The zero-order chi connectivity index (χ0) is 32.2. The fraction of sp³-hybridized carbons (Fsp3) is 0.235. The van der Waals surface area contributed by atoms with Crippen LogP contribution in [0.1, 0.15) is 84.5 Å². The fourth-order valence-electron chi connectivity index (χ4n) is 5.09. The summed E-state index contributed by atoms with van der Waals surface area (Å²) in [4.78, 5) is 27.6. The average Bonchev–Trinajstić information content (AvgIpc) is 2.94. The van der Waals surface area contributed by atoms with Gasteiger partial charge < -0.3 is 0 Å². The van der Waals surface area contributed by atoms with E-state index < -0.39 is 31.6 Å². The average molecular weight is 631 g/mol. The Morgan fingerprint density at radius 1 is 0.477 bits per heavy atom. The monoisotopic (exact) mass is 630 g/mol. The molecule has 44 heavy (non-hydrogen) atoms. The molecular weight excluding hydrogens is 597 g/mol. The second kappa shape index (κ2) is 10.7. The Morgan fingerprint density at radius 2 is 0.795 bits per heavy atom. The third kappa shape index (κ3) is 5.79. The molecule has 4 aromatic carbocycles. The van der Waals surface area contributed by atoms with Crippen LogP contribution in [0.2, 0.25) is 0 Å². The molecule has 0 fully saturated rings. The lowest BCUT2D eigenvalue weighted by atomic mass is 9.82. The molecule has 0 heterocycles. The number of sulfonamides is 2. The molecule has 0 saturated carbocycles. The Labute approximate surface area is 258 Å². The van der Waals surface area contributed by atoms with Gasteiger partial charge in [-0.15, -0.1) is 0 Å². The number of fused-ring (bicyclic) bond motifs is 2. The van der Waals surface area contributed by atoms with Crippen molar-refractivity contribution in [2.24, 2.45) is 0 Å². The Bertz CT molecular complexity index is 1870. The van der Waals surface area contributed by atoms with Crippen molar-refractivity contribution in [1.82, 2.24) is 0 Å². The summed E-state index contributed by atoms with van der Waals surface area (Å²) in [5, 5.41) is 0. The molecular formula is C34H34N2O6S2. The smallest absolute Gasteiger partial charge is 0.261 e. The third-order valence-electron chi connectivity index (χ3n) is 7.62. The van der Waals surface area contributed by atoms with E-state index in [0.717, 1.165) is 11.1 Å². The van der Waals surface area contributed by atoms with Gasteiger partial charge in [0.25, 0.3) is 20.0 Å². The molecule has 2 N–H and O–H groups in total. The summed E-state index contributed by atoms with van der Waals surface area (Å²) in [6, 6.07) is 21.6. The van der Waals surface area contributed by atoms with Crippen molar-refractivity contribution < 1.29 is 26.4 Å². The molecule has 228 valence electrons. The van der Waals surface area contributed by atoms with Crippen LogP contribution in [0, 0.1) is 0 Å². The Morgan fingerprint density at radius 3 is 1.09 bits per heavy atom. The van der Waals surface area contributed by atoms with Gasteiger partial charge in [-0.05, 0) is 58.4 Å². The maximum atomic E-state index is 13.8. The number of ketones is 2. The molecule has 0 spiro atoms. The van der Waals surface area contributed by atoms with E-state index in [4.69, 9.17) is 0 Å². The summed E-state index contributed by atoms with van der Waals surface area (Å²) in [6.07, 6.45) is 0. The topological polar surface area (TPSA) is 126 Å². The zero-order valence-electron chi connectivity index (χ0n) is 25.3. The summed E-state index contributed by atoms with van der Waals surface area (Å²) in [5.41, 5.74) is 1.22. The van der Waals surface area contributed by atoms with Gasteiger partial charge in [-0.1, -0.05) is 90.1 Å². The van der Waals surface area contributed by atoms with Crippen molar-refractivity contribution >= 4 is 43.0 Å². The lowest BCUT2D eigenvalue weighted by molar-refractivity contribution is 0.0980. The molecule has 0 aliphatic heterocycles. The molecule has 0 unspecified atom stereocenters. The van der Waals surface area contributed by atoms with Gasteiger partial charge in [0, 0.05) is 11.1 Å². The van der Waals surface area contributed by atoms with Crippen LogP contribution in [-0.4, -0.2) is 28.4 Å². The fourth-order valence-corrected chi connectivity index (χ4v) is 7.23. The largest absolute Gasteiger partial charge is 0.288 e. The first-order valence-corrected chi connectivity index (χ1v) is 17.0. The van der Waals surface area contributed by atoms with Crippen LogP contribution >= 0.6 is 0 Å². The van der Waals surface area contributed by atoms with Crippen molar-refractivity contribution in [3.63, 3.8) is 0 Å². The summed E-state index contributed by atoms with van der Waals surface area (Å²) >= 11 is 0. The SMILES string of the molecule is CC(C)(C)c1ccc(S(=O)(=O)Nc2cccc3c2C(=O)c2cccc(NS(=O)(=O)c4ccc(C(C)(C)C)cc4)c2C3=O)cc1. The van der Waals surface area contributed by atoms with E-state index in [1.165, 1.54) is 60.7 Å². The molecule has 4 aromatic rings. The van der Waals surface area contributed by atoms with E-state index in [1.807, 2.05) is 41.5 Å². The van der Waals surface area contributed by atoms with E-state index in [9.17, 15) is 26.4 Å². The zero-order valence-corrected chi connectivity index (χ0v) is 27.0. The van der Waals surface area contributed by atoms with E-state index in [0.29, 0.717) is 0 Å². The molecule has 0 saturated heterocycles. The van der Waals surface area contributed by atoms with Gasteiger partial charge in [0.1, 0.15) is 0 Å². The van der Waals surface area contributed by atoms with Crippen LogP contribution in [-0.2, 0) is 30.9 Å². The number of hydrogen-bond donors (Lipinski definition) is 2. The van der Waals surface area contributed by atoms with Crippen LogP contribution in [0.15, 0.2) is 94.7 Å². The molecule has 0 amide bonds. The first kappa shape index (κ1) is 31.2. The summed E-state index contributed by atoms with van der Waals surface area (Å²) in [7, 11) is -8.22. The van der Waals surface area contributed by atoms with Crippen LogP contribution in [0.4, 0.5) is 11.4 Å². The van der Waals surface area contributed by atoms with Crippen molar-refractivity contribution in [2.75, 3.05) is 9.44 Å². The van der Waals surface area contributed by atoms with E-state index >= 15 is 0 Å². The van der Waals surface area contributed by atoms with Crippen molar-refractivity contribution in [2.45, 2.75) is 62.2 Å². The van der Waals surface area contributed by atoms with Gasteiger partial charge in [-0.2, -0.15) is 0 Å². The maximum absolute atomic E-state index is 13.8. The number of carbonyl (C=O) groups is 2. The Kier molecular flexibility index (Phi) is 7.58. The summed E-state index contributed by atoms with van der Waals surface area (Å²) in [6.45, 7) is 12.1. The molecule has 0 bridgehead atoms. The van der Waals surface area contributed by atoms with Crippen LogP contribution < -0.4 is 9.44 Å². The molecule has 5 rings (SSSR count). The molecule has 8 nitrogen and oxygen atoms in total. The minimum Gasteiger partial charge on any atom is -0.288 e. The Hall–Kier alpha value is -4.28. The number of anilines is 2. The van der Waals surface area contributed by atoms with Crippen molar-refractivity contribution in [3.05, 3.63) is 118 Å². The van der Waals surface area contributed by atoms with E-state index in [1.54, 1.807) is 24.3 Å². The van der Waals surface area contributed by atoms with Gasteiger partial charge >= 0.3 is 0 Å². The van der Waals surface area contributed by atoms with Crippen LogP contribution in [0.25, 0.3) is 0 Å². The third-order valence-corrected chi connectivity index (χ3v) is 10.4. The van der Waals surface area contributed by atoms with Gasteiger partial charge in [0.15, 0.2) is 11.6 Å². The standard InChI is InChI=1S/C34H34N2O6S2/c1-33(2,3)21-13-17-23(18-14-21)43(39,40)35-27-11-7-9-25-29(27)31(37)26-10-8-12-28(30(26)32(25)38)36-44(41,42)24-19-15-22(16-20-24)34(4,5)6/h7-20,35-36H,1-6H3. The molecule has 0 atom stereocenters. The Balaban J connectivity index is 1.49. The van der Waals surface area contributed by atoms with Gasteiger partial charge in [0.2, 0.25) is 0 Å². The highest BCUT2D eigenvalue weighted by atomic mass is 32.2. The van der Waals surface area contributed by atoms with E-state index in [-0.39, 0.29) is 54.2 Å². The molecule has 10 heteroatoms. The molecule has 0 radical (unpaired) electrons. The minimum atomic E-state index is -4.11. The maximum Gasteiger partial charge on any atom is 0.261 e. The van der Waals surface area contributed by atoms with Crippen LogP contribution in [0.3, 0.4) is 0 Å². The molecule has 0 aromatic heterocycles. The number of benzene rings is 4. The first-order valence-electron chi connectivity index (χ1n) is 14.0.